The molecule has 8 heterocycles. The van der Waals surface area contributed by atoms with Crippen molar-refractivity contribution in [2.24, 2.45) is 0 Å². The van der Waals surface area contributed by atoms with Gasteiger partial charge < -0.3 is 43.6 Å². The molecule has 1 unspecified atom stereocenters. The molecule has 1 spiro atoms. The Hall–Kier alpha value is -4.67. The minimum absolute atomic E-state index is 0.00660. The molecule has 14 nitrogen and oxygen atoms in total. The summed E-state index contributed by atoms with van der Waals surface area (Å²) >= 11 is 1.57. The average Bonchev–Trinajstić information content (AvgIpc) is 3.85. The van der Waals surface area contributed by atoms with Crippen molar-refractivity contribution >= 4 is 34.6 Å². The number of ether oxygens (including phenoxy) is 6. The number of likely N-dealkylation sites (N-methyl/N-ethyl adjacent to an activating group) is 1. The summed E-state index contributed by atoms with van der Waals surface area (Å²) in [5, 5.41) is 26.9. The number of esters is 2. The summed E-state index contributed by atoms with van der Waals surface area (Å²) in [7, 11) is 5.32. The molecule has 8 atom stereocenters. The summed E-state index contributed by atoms with van der Waals surface area (Å²) in [6, 6.07) is 6.19. The molecule has 4 bridgehead atoms. The van der Waals surface area contributed by atoms with Crippen LogP contribution >= 0.6 is 11.8 Å². The first-order valence-corrected chi connectivity index (χ1v) is 20.9. The number of thioether (sulfide) groups is 1. The van der Waals surface area contributed by atoms with Crippen LogP contribution in [0, 0.1) is 13.8 Å². The van der Waals surface area contributed by atoms with E-state index in [-0.39, 0.29) is 55.7 Å². The number of hydrogen-bond acceptors (Lipinski definition) is 14. The molecule has 3 aromatic carbocycles. The summed E-state index contributed by atoms with van der Waals surface area (Å²) in [4.78, 5) is 36.6. The maximum Gasteiger partial charge on any atom is 0.333 e. The molecule has 0 amide bonds. The Kier molecular flexibility index (Phi) is 8.70. The summed E-state index contributed by atoms with van der Waals surface area (Å²) in [5.41, 5.74) is 5.95. The fraction of sp³-hybridized carbons (Fsp3) is 0.488. The number of benzene rings is 3. The first-order valence-electron chi connectivity index (χ1n) is 19.8. The number of carbonyl (C=O) groups is 2. The van der Waals surface area contributed by atoms with Crippen molar-refractivity contribution < 1.29 is 48.2 Å². The molecule has 58 heavy (non-hydrogen) atoms. The number of aliphatic hydroxyl groups is 1. The normalized spacial score (nSPS) is 29.7. The van der Waals surface area contributed by atoms with E-state index in [1.807, 2.05) is 32.0 Å². The van der Waals surface area contributed by atoms with Gasteiger partial charge in [-0.05, 0) is 75.5 Å². The Bertz CT molecular complexity index is 2420. The van der Waals surface area contributed by atoms with Crippen molar-refractivity contribution in [1.82, 2.24) is 20.1 Å². The van der Waals surface area contributed by atoms with E-state index < -0.39 is 34.8 Å². The largest absolute Gasteiger partial charge is 0.504 e. The van der Waals surface area contributed by atoms with E-state index >= 15 is 4.79 Å². The van der Waals surface area contributed by atoms with Gasteiger partial charge in [0.05, 0.1) is 43.9 Å². The van der Waals surface area contributed by atoms with E-state index in [4.69, 9.17) is 28.4 Å². The van der Waals surface area contributed by atoms with Gasteiger partial charge in [0.25, 0.3) is 0 Å². The van der Waals surface area contributed by atoms with Crippen LogP contribution in [0.15, 0.2) is 24.3 Å². The van der Waals surface area contributed by atoms with Gasteiger partial charge in [0.1, 0.15) is 18.1 Å². The maximum atomic E-state index is 15.1. The van der Waals surface area contributed by atoms with Crippen molar-refractivity contribution in [1.29, 1.82) is 0 Å². The molecule has 2 saturated heterocycles. The first kappa shape index (κ1) is 37.6. The van der Waals surface area contributed by atoms with Gasteiger partial charge in [0, 0.05) is 70.0 Å². The highest BCUT2D eigenvalue weighted by atomic mass is 32.2. The maximum absolute atomic E-state index is 15.1. The number of aliphatic hydroxyl groups excluding tert-OH is 1. The molecule has 11 rings (SSSR count). The summed E-state index contributed by atoms with van der Waals surface area (Å²) in [5.74, 6) is 1.93. The molecule has 7 aliphatic rings. The fourth-order valence-corrected chi connectivity index (χ4v) is 12.9. The summed E-state index contributed by atoms with van der Waals surface area (Å²) in [6.45, 7) is 7.18. The number of methoxy groups -OCH3 is 2. The third-order valence-electron chi connectivity index (χ3n) is 13.6. The topological polar surface area (TPSA) is 164 Å². The molecular weight excluding hydrogens is 765 g/mol. The monoisotopic (exact) mass is 812 g/mol. The van der Waals surface area contributed by atoms with Crippen molar-refractivity contribution in [3.05, 3.63) is 68.9 Å². The minimum atomic E-state index is -1.41. The standard InChI is InChI=1S/C43H48N4O10S/c1-18-10-22-11-28-20(3)47-29-15-54-42(51)43(41-26(12-23(14-48)45-43)25-13-24(52-6)8-9-27(25)44-41)16-58-40(34(47)33(46(28)5)30(22)35(50)36(18)53-7)32-31(29)39-38(55-17-56-39)19(2)37(32)57-21(4)49/h8-10,13,20,23,28-29,33-34,40,44-45,48,50H,11-12,14-17H2,1-7H3/t20-,23-,28-,29-,33?,34+,40+,43+/m0/s1. The molecule has 4 N–H and O–H groups in total. The second kappa shape index (κ2) is 13.4. The lowest BCUT2D eigenvalue weighted by atomic mass is 9.71. The van der Waals surface area contributed by atoms with E-state index in [0.29, 0.717) is 52.8 Å². The number of H-pyrrole nitrogens is 1. The molecule has 0 radical (unpaired) electrons. The Morgan fingerprint density at radius 1 is 1.05 bits per heavy atom. The lowest BCUT2D eigenvalue weighted by molar-refractivity contribution is -0.159. The number of nitrogens with one attached hydrogen (secondary N) is 2. The van der Waals surface area contributed by atoms with E-state index in [1.165, 1.54) is 6.92 Å². The number of piperazine rings is 1. The Labute approximate surface area is 340 Å². The quantitative estimate of drug-likeness (QED) is 0.167. The Morgan fingerprint density at radius 2 is 1.84 bits per heavy atom. The number of phenolic OH excluding ortho intramolecular Hbond substituents is 1. The highest BCUT2D eigenvalue weighted by Crippen LogP contribution is 2.64. The molecule has 306 valence electrons. The number of aromatic hydroxyl groups is 1. The fourth-order valence-electron chi connectivity index (χ4n) is 11.2. The molecule has 2 fully saturated rings. The Morgan fingerprint density at radius 3 is 2.59 bits per heavy atom. The van der Waals surface area contributed by atoms with Crippen LogP contribution in [0.1, 0.15) is 75.8 Å². The second-order valence-corrected chi connectivity index (χ2v) is 17.6. The third kappa shape index (κ3) is 5.06. The lowest BCUT2D eigenvalue weighted by Gasteiger charge is -2.63. The van der Waals surface area contributed by atoms with Crippen molar-refractivity contribution in [2.45, 2.75) is 87.6 Å². The van der Waals surface area contributed by atoms with E-state index in [0.717, 1.165) is 44.3 Å². The van der Waals surface area contributed by atoms with Crippen molar-refractivity contribution in [3.63, 3.8) is 0 Å². The molecule has 0 saturated carbocycles. The van der Waals surface area contributed by atoms with Gasteiger partial charge >= 0.3 is 11.9 Å². The van der Waals surface area contributed by atoms with Crippen LogP contribution in [0.3, 0.4) is 0 Å². The summed E-state index contributed by atoms with van der Waals surface area (Å²) < 4.78 is 36.6. The zero-order valence-corrected chi connectivity index (χ0v) is 34.4. The molecule has 15 heteroatoms. The average molecular weight is 813 g/mol. The first-order chi connectivity index (χ1) is 27.9. The number of hydrogen-bond donors (Lipinski definition) is 4. The molecule has 4 aromatic rings. The third-order valence-corrected chi connectivity index (χ3v) is 15.1. The van der Waals surface area contributed by atoms with Crippen molar-refractivity contribution in [3.8, 4) is 34.5 Å². The number of rotatable bonds is 4. The number of aryl methyl sites for hydroxylation is 1. The second-order valence-electron chi connectivity index (χ2n) is 16.5. The van der Waals surface area contributed by atoms with Crippen LogP contribution < -0.4 is 29.0 Å². The molecule has 1 aromatic heterocycles. The number of nitrogens with zero attached hydrogens (tertiary/aromatic N) is 2. The van der Waals surface area contributed by atoms with E-state index in [1.54, 1.807) is 26.0 Å². The van der Waals surface area contributed by atoms with E-state index in [2.05, 4.69) is 40.1 Å². The number of fused-ring (bicyclic) bond motifs is 11. The van der Waals surface area contributed by atoms with Crippen LogP contribution in [0.2, 0.25) is 0 Å². The SMILES string of the molecule is COc1ccc2[nH]c3c(c2c1)C[C@@H](CO)N[C@]31CS[C@@H]2c3c(OC(C)=O)c(C)c4c(c3[C@H](COC1=O)N1[C@@H]2C2c3c(cc(C)c(OC)c3O)C[C@@H]([C@@H]1C)N2C)OCO4. The number of carbonyl (C=O) groups excluding carboxylic acids is 2. The Balaban J connectivity index is 1.24. The molecular formula is C43H48N4O10S. The molecule has 0 aliphatic carbocycles. The van der Waals surface area contributed by atoms with Crippen molar-refractivity contribution in [2.75, 3.05) is 47.0 Å². The van der Waals surface area contributed by atoms with E-state index in [9.17, 15) is 15.0 Å². The number of aromatic nitrogens is 1. The van der Waals surface area contributed by atoms with Gasteiger partial charge in [-0.3, -0.25) is 19.9 Å². The summed E-state index contributed by atoms with van der Waals surface area (Å²) in [6.07, 6.45) is 1.17. The van der Waals surface area contributed by atoms with Crippen LogP contribution in [-0.4, -0.2) is 108 Å². The lowest BCUT2D eigenvalue weighted by Crippen LogP contribution is -2.69. The van der Waals surface area contributed by atoms with Gasteiger partial charge in [0.15, 0.2) is 28.5 Å². The number of phenols is 1. The van der Waals surface area contributed by atoms with Crippen LogP contribution in [-0.2, 0) is 32.7 Å². The highest BCUT2D eigenvalue weighted by Gasteiger charge is 2.61. The smallest absolute Gasteiger partial charge is 0.333 e. The number of aromatic amines is 1. The zero-order chi connectivity index (χ0) is 40.5. The minimum Gasteiger partial charge on any atom is -0.504 e. The van der Waals surface area contributed by atoms with Gasteiger partial charge in [-0.25, -0.2) is 4.79 Å². The predicted octanol–water partition coefficient (Wildman–Crippen LogP) is 4.62. The van der Waals surface area contributed by atoms with Gasteiger partial charge in [-0.1, -0.05) is 6.07 Å². The van der Waals surface area contributed by atoms with Gasteiger partial charge in [-0.15, -0.1) is 11.8 Å². The van der Waals surface area contributed by atoms with Gasteiger partial charge in [0.2, 0.25) is 6.79 Å². The van der Waals surface area contributed by atoms with Crippen LogP contribution in [0.25, 0.3) is 10.9 Å². The van der Waals surface area contributed by atoms with Gasteiger partial charge in [-0.2, -0.15) is 0 Å². The zero-order valence-electron chi connectivity index (χ0n) is 33.6. The van der Waals surface area contributed by atoms with Crippen LogP contribution in [0.4, 0.5) is 0 Å². The highest BCUT2D eigenvalue weighted by molar-refractivity contribution is 7.99. The van der Waals surface area contributed by atoms with Crippen LogP contribution in [0.5, 0.6) is 34.5 Å². The molecule has 7 aliphatic heterocycles. The predicted molar refractivity (Wildman–Crippen MR) is 214 cm³/mol.